The summed E-state index contributed by atoms with van der Waals surface area (Å²) in [4.78, 5) is 71.7. The van der Waals surface area contributed by atoms with Gasteiger partial charge in [-0.1, -0.05) is 65.7 Å². The van der Waals surface area contributed by atoms with Crippen LogP contribution in [0.25, 0.3) is 0 Å². The first kappa shape index (κ1) is 33.1. The van der Waals surface area contributed by atoms with Crippen LogP contribution in [0.1, 0.15) is 52.7 Å². The molecule has 2 aliphatic heterocycles. The molecule has 0 radical (unpaired) electrons. The Morgan fingerprint density at radius 3 is 2.23 bits per heavy atom. The van der Waals surface area contributed by atoms with Crippen LogP contribution >= 0.6 is 0 Å². The van der Waals surface area contributed by atoms with Gasteiger partial charge in [-0.3, -0.25) is 34.3 Å². The first-order valence-electron chi connectivity index (χ1n) is 17.4. The minimum Gasteiger partial charge on any atom is -0.508 e. The van der Waals surface area contributed by atoms with Crippen LogP contribution in [-0.2, 0) is 24.6 Å². The number of carbonyl (C=O) groups is 5. The average molecular weight is 696 g/mol. The van der Waals surface area contributed by atoms with E-state index >= 15 is 4.79 Å². The molecule has 4 aromatic carbocycles. The summed E-state index contributed by atoms with van der Waals surface area (Å²) in [7, 11) is 1.49. The number of hydrogen-bond acceptors (Lipinski definition) is 8. The van der Waals surface area contributed by atoms with Crippen molar-refractivity contribution >= 4 is 40.8 Å². The summed E-state index contributed by atoms with van der Waals surface area (Å²) < 4.78 is 5.41. The highest BCUT2D eigenvalue weighted by atomic mass is 16.5. The number of fused-ring (bicyclic) bond motifs is 4. The Hall–Kier alpha value is -6.03. The van der Waals surface area contributed by atoms with Crippen LogP contribution in [0.3, 0.4) is 0 Å². The highest BCUT2D eigenvalue weighted by molar-refractivity contribution is 6.22. The molecule has 262 valence electrons. The van der Waals surface area contributed by atoms with E-state index in [2.05, 4.69) is 5.43 Å². The molecule has 3 fully saturated rings. The lowest BCUT2D eigenvalue weighted by Crippen LogP contribution is -2.53. The SMILES string of the molecule is COc1ccc([C@H]2C3=CC[C@@H]4C(=O)N(c5ccc(C(C)=O)cc5)C(=O)[C@@H]4[C@@H]3C[C@H]3C(=O)N(Nc4ccc(C)cc4)C(=O)[C@@]23c2ccccc2)c(O)c1. The Kier molecular flexibility index (Phi) is 7.86. The van der Waals surface area contributed by atoms with Crippen molar-refractivity contribution in [3.8, 4) is 11.5 Å². The van der Waals surface area contributed by atoms with Gasteiger partial charge < -0.3 is 9.84 Å². The highest BCUT2D eigenvalue weighted by Gasteiger charge is 2.70. The van der Waals surface area contributed by atoms with Crippen molar-refractivity contribution in [1.82, 2.24) is 5.01 Å². The number of nitrogens with one attached hydrogen (secondary N) is 1. The summed E-state index contributed by atoms with van der Waals surface area (Å²) in [5.74, 6) is -5.43. The number of ether oxygens (including phenoxy) is 1. The van der Waals surface area contributed by atoms with E-state index in [0.717, 1.165) is 16.1 Å². The van der Waals surface area contributed by atoms with E-state index in [1.54, 1.807) is 48.5 Å². The van der Waals surface area contributed by atoms with Crippen molar-refractivity contribution in [2.24, 2.45) is 23.7 Å². The second kappa shape index (κ2) is 12.3. The van der Waals surface area contributed by atoms with Gasteiger partial charge in [0.1, 0.15) is 11.5 Å². The number of benzene rings is 4. The number of ketones is 1. The number of rotatable bonds is 7. The van der Waals surface area contributed by atoms with Gasteiger partial charge in [-0.2, -0.15) is 5.01 Å². The van der Waals surface area contributed by atoms with Gasteiger partial charge in [0.25, 0.3) is 11.8 Å². The molecule has 10 heteroatoms. The normalized spacial score (nSPS) is 26.4. The zero-order valence-corrected chi connectivity index (χ0v) is 28.9. The molecule has 52 heavy (non-hydrogen) atoms. The number of Topliss-reactive ketones (excluding diaryl/α,β-unsaturated/α-hetero) is 1. The van der Waals surface area contributed by atoms with Crippen molar-refractivity contribution in [2.75, 3.05) is 17.4 Å². The van der Waals surface area contributed by atoms with Crippen molar-refractivity contribution < 1.29 is 33.8 Å². The molecule has 0 spiro atoms. The smallest absolute Gasteiger partial charge is 0.260 e. The molecule has 4 aliphatic rings. The van der Waals surface area contributed by atoms with E-state index in [9.17, 15) is 24.3 Å². The molecule has 6 atom stereocenters. The van der Waals surface area contributed by atoms with Gasteiger partial charge in [0, 0.05) is 23.1 Å². The molecule has 2 saturated heterocycles. The number of amides is 4. The number of imide groups is 2. The number of carbonyl (C=O) groups excluding carboxylic acids is 5. The molecule has 2 aliphatic carbocycles. The van der Waals surface area contributed by atoms with Crippen LogP contribution < -0.4 is 15.1 Å². The second-order valence-electron chi connectivity index (χ2n) is 14.1. The summed E-state index contributed by atoms with van der Waals surface area (Å²) in [6.07, 6.45) is 2.31. The third-order valence-corrected chi connectivity index (χ3v) is 11.5. The maximum Gasteiger partial charge on any atom is 0.260 e. The number of anilines is 2. The molecule has 0 unspecified atom stereocenters. The van der Waals surface area contributed by atoms with Gasteiger partial charge in [-0.25, -0.2) is 0 Å². The van der Waals surface area contributed by atoms with Crippen LogP contribution in [0.4, 0.5) is 11.4 Å². The minimum atomic E-state index is -1.51. The topological polar surface area (TPSA) is 133 Å². The maximum atomic E-state index is 15.2. The maximum absolute atomic E-state index is 15.2. The largest absolute Gasteiger partial charge is 0.508 e. The van der Waals surface area contributed by atoms with Crippen molar-refractivity contribution in [2.45, 2.75) is 38.0 Å². The summed E-state index contributed by atoms with van der Waals surface area (Å²) in [6.45, 7) is 3.39. The number of methoxy groups -OCH3 is 1. The lowest BCUT2D eigenvalue weighted by atomic mass is 9.49. The molecule has 0 bridgehead atoms. The van der Waals surface area contributed by atoms with Crippen molar-refractivity contribution in [3.05, 3.63) is 131 Å². The summed E-state index contributed by atoms with van der Waals surface area (Å²) >= 11 is 0. The van der Waals surface area contributed by atoms with Gasteiger partial charge in [0.2, 0.25) is 11.8 Å². The number of hydrogen-bond donors (Lipinski definition) is 2. The van der Waals surface area contributed by atoms with E-state index in [1.807, 2.05) is 55.5 Å². The summed E-state index contributed by atoms with van der Waals surface area (Å²) in [6, 6.07) is 27.8. The third-order valence-electron chi connectivity index (χ3n) is 11.5. The Balaban J connectivity index is 1.30. The quantitative estimate of drug-likeness (QED) is 0.135. The van der Waals surface area contributed by atoms with E-state index in [-0.39, 0.29) is 30.3 Å². The van der Waals surface area contributed by atoms with Gasteiger partial charge in [-0.15, -0.1) is 0 Å². The number of phenolic OH excluding ortho intramolecular Hbond substituents is 1. The molecule has 8 rings (SSSR count). The zero-order chi connectivity index (χ0) is 36.5. The Labute approximate surface area is 300 Å². The Morgan fingerprint density at radius 2 is 1.58 bits per heavy atom. The number of aromatic hydroxyl groups is 1. The van der Waals surface area contributed by atoms with E-state index < -0.39 is 52.7 Å². The lowest BCUT2D eigenvalue weighted by Gasteiger charge is -2.50. The lowest BCUT2D eigenvalue weighted by molar-refractivity contribution is -0.138. The van der Waals surface area contributed by atoms with E-state index in [0.29, 0.717) is 33.8 Å². The summed E-state index contributed by atoms with van der Waals surface area (Å²) in [5, 5.41) is 12.8. The third kappa shape index (κ3) is 4.81. The molecular weight excluding hydrogens is 658 g/mol. The fourth-order valence-corrected chi connectivity index (χ4v) is 9.09. The number of phenols is 1. The molecule has 10 nitrogen and oxygen atoms in total. The molecule has 2 heterocycles. The van der Waals surface area contributed by atoms with Crippen molar-refractivity contribution in [3.63, 3.8) is 0 Å². The van der Waals surface area contributed by atoms with Gasteiger partial charge >= 0.3 is 0 Å². The Bertz CT molecular complexity index is 2180. The van der Waals surface area contributed by atoms with Crippen LogP contribution in [0, 0.1) is 30.6 Å². The zero-order valence-electron chi connectivity index (χ0n) is 28.9. The number of nitrogens with zero attached hydrogens (tertiary/aromatic N) is 2. The van der Waals surface area contributed by atoms with Crippen LogP contribution in [-0.4, -0.2) is 46.6 Å². The van der Waals surface area contributed by atoms with Gasteiger partial charge in [0.15, 0.2) is 5.78 Å². The first-order chi connectivity index (χ1) is 25.1. The molecular formula is C42H37N3O7. The minimum absolute atomic E-state index is 0.117. The molecule has 4 amide bonds. The fraction of sp³-hybridized carbons (Fsp3) is 0.262. The van der Waals surface area contributed by atoms with Crippen LogP contribution in [0.15, 0.2) is 109 Å². The van der Waals surface area contributed by atoms with E-state index in [1.165, 1.54) is 25.0 Å². The molecule has 0 aromatic heterocycles. The number of allylic oxidation sites excluding steroid dienone is 2. The molecule has 4 aromatic rings. The Morgan fingerprint density at radius 1 is 0.865 bits per heavy atom. The van der Waals surface area contributed by atoms with Crippen molar-refractivity contribution in [1.29, 1.82) is 0 Å². The predicted molar refractivity (Wildman–Crippen MR) is 192 cm³/mol. The second-order valence-corrected chi connectivity index (χ2v) is 14.1. The molecule has 2 N–H and O–H groups in total. The number of aryl methyl sites for hydroxylation is 1. The predicted octanol–water partition coefficient (Wildman–Crippen LogP) is 6.10. The fourth-order valence-electron chi connectivity index (χ4n) is 9.09. The first-order valence-corrected chi connectivity index (χ1v) is 17.4. The van der Waals surface area contributed by atoms with E-state index in [4.69, 9.17) is 4.74 Å². The van der Waals surface area contributed by atoms with Crippen LogP contribution in [0.2, 0.25) is 0 Å². The average Bonchev–Trinajstić information content (AvgIpc) is 3.53. The van der Waals surface area contributed by atoms with Crippen LogP contribution in [0.5, 0.6) is 11.5 Å². The van der Waals surface area contributed by atoms with Gasteiger partial charge in [0.05, 0.1) is 41.7 Å². The highest BCUT2D eigenvalue weighted by Crippen LogP contribution is 2.65. The molecule has 1 saturated carbocycles. The van der Waals surface area contributed by atoms with Gasteiger partial charge in [-0.05, 0) is 80.6 Å². The number of hydrazine groups is 1. The standard InChI is InChI=1S/C42H37N3O7/c1-23-9-13-27(14-10-23)43-45-39(49)34-22-33-30(19-20-32-36(33)40(50)44(38(32)48)28-15-11-25(12-16-28)24(2)46)37(31-18-17-29(52-3)21-35(31)47)42(34,41(45)51)26-7-5-4-6-8-26/h4-19,21,32-34,36-37,43,47H,20,22H2,1-3H3/t32-,33+,34-,36-,37+,42+/m0/s1. The monoisotopic (exact) mass is 695 g/mol. The summed E-state index contributed by atoms with van der Waals surface area (Å²) in [5.41, 5.74) is 5.73.